The van der Waals surface area contributed by atoms with Gasteiger partial charge in [-0.1, -0.05) is 19.0 Å². The van der Waals surface area contributed by atoms with Crippen LogP contribution in [0.15, 0.2) is 28.9 Å². The number of likely N-dealkylation sites (tertiary alicyclic amines) is 1. The van der Waals surface area contributed by atoms with Crippen molar-refractivity contribution < 1.29 is 14.1 Å². The lowest BCUT2D eigenvalue weighted by Gasteiger charge is -2.32. The molecule has 7 nitrogen and oxygen atoms in total. The molecule has 0 aromatic carbocycles. The zero-order chi connectivity index (χ0) is 20.1. The molecule has 150 valence electrons. The Labute approximate surface area is 165 Å². The molecule has 3 heterocycles. The molecule has 1 unspecified atom stereocenters. The minimum absolute atomic E-state index is 0.0423. The number of amides is 1. The number of ketones is 1. The van der Waals surface area contributed by atoms with Crippen molar-refractivity contribution >= 4 is 17.5 Å². The van der Waals surface area contributed by atoms with Crippen LogP contribution in [0, 0.1) is 18.8 Å². The van der Waals surface area contributed by atoms with Gasteiger partial charge in [0.05, 0.1) is 17.8 Å². The Hall–Kier alpha value is -2.70. The predicted octanol–water partition coefficient (Wildman–Crippen LogP) is 3.46. The van der Waals surface area contributed by atoms with E-state index in [0.717, 1.165) is 24.3 Å². The largest absolute Gasteiger partial charge is 0.363 e. The van der Waals surface area contributed by atoms with Gasteiger partial charge in [0.25, 0.3) is 5.91 Å². The van der Waals surface area contributed by atoms with Gasteiger partial charge in [-0.3, -0.25) is 9.59 Å². The smallest absolute Gasteiger partial charge is 0.255 e. The summed E-state index contributed by atoms with van der Waals surface area (Å²) in [4.78, 5) is 31.3. The molecule has 1 fully saturated rings. The Morgan fingerprint density at radius 3 is 2.82 bits per heavy atom. The maximum Gasteiger partial charge on any atom is 0.255 e. The molecule has 3 rings (SSSR count). The summed E-state index contributed by atoms with van der Waals surface area (Å²) in [7, 11) is 0. The summed E-state index contributed by atoms with van der Waals surface area (Å²) in [6, 6.07) is 5.41. The fourth-order valence-corrected chi connectivity index (χ4v) is 3.48. The van der Waals surface area contributed by atoms with Crippen LogP contribution in [0.2, 0.25) is 0 Å². The normalized spacial score (nSPS) is 17.0. The number of anilines is 1. The molecule has 0 saturated carbocycles. The minimum Gasteiger partial charge on any atom is -0.363 e. The van der Waals surface area contributed by atoms with Gasteiger partial charge in [0.1, 0.15) is 11.6 Å². The molecule has 1 N–H and O–H groups in total. The Morgan fingerprint density at radius 2 is 2.18 bits per heavy atom. The second-order valence-corrected chi connectivity index (χ2v) is 7.87. The lowest BCUT2D eigenvalue weighted by Crippen LogP contribution is -2.42. The number of pyridine rings is 1. The molecule has 0 bridgehead atoms. The van der Waals surface area contributed by atoms with E-state index in [9.17, 15) is 9.59 Å². The van der Waals surface area contributed by atoms with Crippen LogP contribution in [-0.2, 0) is 11.3 Å². The van der Waals surface area contributed by atoms with Crippen LogP contribution < -0.4 is 5.32 Å². The van der Waals surface area contributed by atoms with Gasteiger partial charge in [-0.2, -0.15) is 0 Å². The zero-order valence-corrected chi connectivity index (χ0v) is 16.8. The number of aromatic nitrogens is 2. The maximum atomic E-state index is 12.8. The third-order valence-electron chi connectivity index (χ3n) is 4.90. The van der Waals surface area contributed by atoms with Crippen LogP contribution in [0.5, 0.6) is 0 Å². The van der Waals surface area contributed by atoms with Gasteiger partial charge >= 0.3 is 0 Å². The molecular formula is C21H28N4O3. The number of carbonyl (C=O) groups excluding carboxylic acids is 2. The van der Waals surface area contributed by atoms with Gasteiger partial charge < -0.3 is 14.7 Å². The highest BCUT2D eigenvalue weighted by molar-refractivity contribution is 5.94. The summed E-state index contributed by atoms with van der Waals surface area (Å²) in [5, 5.41) is 6.99. The van der Waals surface area contributed by atoms with Crippen molar-refractivity contribution in [2.24, 2.45) is 11.8 Å². The number of hydrogen-bond acceptors (Lipinski definition) is 6. The van der Waals surface area contributed by atoms with E-state index in [1.165, 1.54) is 0 Å². The number of nitrogens with zero attached hydrogens (tertiary/aromatic N) is 3. The number of piperidine rings is 1. The minimum atomic E-state index is -0.0630. The number of carbonyl (C=O) groups is 2. The second kappa shape index (κ2) is 8.99. The van der Waals surface area contributed by atoms with Crippen molar-refractivity contribution in [1.82, 2.24) is 15.0 Å². The molecular weight excluding hydrogens is 356 g/mol. The lowest BCUT2D eigenvalue weighted by molar-refractivity contribution is -0.124. The van der Waals surface area contributed by atoms with E-state index >= 15 is 0 Å². The second-order valence-electron chi connectivity index (χ2n) is 7.87. The van der Waals surface area contributed by atoms with Crippen LogP contribution in [0.4, 0.5) is 5.82 Å². The highest BCUT2D eigenvalue weighted by Crippen LogP contribution is 2.22. The Balaban J connectivity index is 1.56. The first kappa shape index (κ1) is 20.0. The van der Waals surface area contributed by atoms with Crippen molar-refractivity contribution in [3.63, 3.8) is 0 Å². The zero-order valence-electron chi connectivity index (χ0n) is 16.8. The van der Waals surface area contributed by atoms with E-state index < -0.39 is 0 Å². The highest BCUT2D eigenvalue weighted by Gasteiger charge is 2.29. The SMILES string of the molecule is Cc1cc(CNc2ccc(C(=O)N3CCCC(C(=O)CC(C)C)C3)cn2)on1. The van der Waals surface area contributed by atoms with Crippen molar-refractivity contribution in [2.75, 3.05) is 18.4 Å². The summed E-state index contributed by atoms with van der Waals surface area (Å²) >= 11 is 0. The van der Waals surface area contributed by atoms with Gasteiger partial charge in [0.15, 0.2) is 5.76 Å². The first-order chi connectivity index (χ1) is 13.4. The van der Waals surface area contributed by atoms with Crippen LogP contribution >= 0.6 is 0 Å². The number of aryl methyl sites for hydroxylation is 1. The Morgan fingerprint density at radius 1 is 1.36 bits per heavy atom. The monoisotopic (exact) mass is 384 g/mol. The highest BCUT2D eigenvalue weighted by atomic mass is 16.5. The Bertz CT molecular complexity index is 813. The number of Topliss-reactive ketones (excluding diaryl/α,β-unsaturated/α-hetero) is 1. The third-order valence-corrected chi connectivity index (χ3v) is 4.90. The van der Waals surface area contributed by atoms with E-state index in [1.54, 1.807) is 23.2 Å². The summed E-state index contributed by atoms with van der Waals surface area (Å²) in [5.41, 5.74) is 1.37. The van der Waals surface area contributed by atoms with E-state index in [2.05, 4.69) is 29.3 Å². The van der Waals surface area contributed by atoms with E-state index in [1.807, 2.05) is 13.0 Å². The molecule has 0 aliphatic carbocycles. The van der Waals surface area contributed by atoms with Crippen molar-refractivity contribution in [2.45, 2.75) is 46.6 Å². The molecule has 1 aliphatic rings. The fraction of sp³-hybridized carbons (Fsp3) is 0.524. The average Bonchev–Trinajstić information content (AvgIpc) is 3.11. The van der Waals surface area contributed by atoms with Crippen LogP contribution in [-0.4, -0.2) is 39.8 Å². The summed E-state index contributed by atoms with van der Waals surface area (Å²) in [5.74, 6) is 1.90. The van der Waals surface area contributed by atoms with Gasteiger partial charge in [0, 0.05) is 37.7 Å². The van der Waals surface area contributed by atoms with Crippen molar-refractivity contribution in [3.05, 3.63) is 41.4 Å². The first-order valence-electron chi connectivity index (χ1n) is 9.86. The summed E-state index contributed by atoms with van der Waals surface area (Å²) in [6.07, 6.45) is 3.90. The molecule has 1 saturated heterocycles. The predicted molar refractivity (Wildman–Crippen MR) is 106 cm³/mol. The Kier molecular flexibility index (Phi) is 6.44. The maximum absolute atomic E-state index is 12.8. The molecule has 1 atom stereocenters. The first-order valence-corrected chi connectivity index (χ1v) is 9.86. The van der Waals surface area contributed by atoms with Crippen LogP contribution in [0.25, 0.3) is 0 Å². The lowest BCUT2D eigenvalue weighted by atomic mass is 9.89. The number of nitrogens with one attached hydrogen (secondary N) is 1. The van der Waals surface area contributed by atoms with Gasteiger partial charge in [-0.25, -0.2) is 4.98 Å². The number of rotatable bonds is 7. The molecule has 2 aromatic rings. The van der Waals surface area contributed by atoms with Crippen LogP contribution in [0.1, 0.15) is 54.9 Å². The van der Waals surface area contributed by atoms with Crippen LogP contribution in [0.3, 0.4) is 0 Å². The topological polar surface area (TPSA) is 88.3 Å². The summed E-state index contributed by atoms with van der Waals surface area (Å²) in [6.45, 7) is 7.65. The van der Waals surface area contributed by atoms with Gasteiger partial charge in [-0.05, 0) is 37.8 Å². The molecule has 0 radical (unpaired) electrons. The van der Waals surface area contributed by atoms with E-state index in [0.29, 0.717) is 43.4 Å². The van der Waals surface area contributed by atoms with Gasteiger partial charge in [-0.15, -0.1) is 0 Å². The van der Waals surface area contributed by atoms with Crippen molar-refractivity contribution in [1.29, 1.82) is 0 Å². The average molecular weight is 384 g/mol. The third kappa shape index (κ3) is 5.18. The molecule has 1 aliphatic heterocycles. The van der Waals surface area contributed by atoms with E-state index in [4.69, 9.17) is 4.52 Å². The molecule has 1 amide bonds. The molecule has 28 heavy (non-hydrogen) atoms. The van der Waals surface area contributed by atoms with Crippen molar-refractivity contribution in [3.8, 4) is 0 Å². The standard InChI is InChI=1S/C21H28N4O3/c1-14(2)9-19(26)17-5-4-8-25(13-17)21(27)16-6-7-20(22-11-16)23-12-18-10-15(3)24-28-18/h6-7,10-11,14,17H,4-5,8-9,12-13H2,1-3H3,(H,22,23). The molecule has 2 aromatic heterocycles. The summed E-state index contributed by atoms with van der Waals surface area (Å²) < 4.78 is 5.15. The van der Waals surface area contributed by atoms with E-state index in [-0.39, 0.29) is 17.6 Å². The van der Waals surface area contributed by atoms with Gasteiger partial charge in [0.2, 0.25) is 0 Å². The quantitative estimate of drug-likeness (QED) is 0.786. The number of hydrogen-bond donors (Lipinski definition) is 1. The molecule has 7 heteroatoms. The fourth-order valence-electron chi connectivity index (χ4n) is 3.48. The molecule has 0 spiro atoms.